The molecule has 4 saturated carbocycles. The first-order chi connectivity index (χ1) is 9.66. The lowest BCUT2D eigenvalue weighted by Gasteiger charge is -2.58. The SMILES string of the molecule is O=C(O)C12CC3CC(C1)C(OC1CCCCO1)C(C3)C2. The first-order valence-electron chi connectivity index (χ1n) is 8.17. The highest BCUT2D eigenvalue weighted by atomic mass is 16.7. The van der Waals surface area contributed by atoms with E-state index in [4.69, 9.17) is 9.47 Å². The molecule has 0 aromatic carbocycles. The van der Waals surface area contributed by atoms with Crippen LogP contribution < -0.4 is 0 Å². The second kappa shape index (κ2) is 4.70. The summed E-state index contributed by atoms with van der Waals surface area (Å²) in [6.45, 7) is 0.814. The molecule has 4 heteroatoms. The van der Waals surface area contributed by atoms with Gasteiger partial charge in [0, 0.05) is 6.61 Å². The summed E-state index contributed by atoms with van der Waals surface area (Å²) in [6, 6.07) is 0. The van der Waals surface area contributed by atoms with Crippen LogP contribution in [0.25, 0.3) is 0 Å². The lowest BCUT2D eigenvalue weighted by atomic mass is 9.48. The third kappa shape index (κ3) is 2.00. The van der Waals surface area contributed by atoms with E-state index in [1.165, 1.54) is 19.3 Å². The predicted octanol–water partition coefficient (Wildman–Crippen LogP) is 2.81. The van der Waals surface area contributed by atoms with Gasteiger partial charge in [-0.2, -0.15) is 0 Å². The minimum Gasteiger partial charge on any atom is -0.481 e. The molecule has 4 aliphatic carbocycles. The molecule has 1 saturated heterocycles. The second-order valence-corrected chi connectivity index (χ2v) is 7.45. The molecule has 5 fully saturated rings. The van der Waals surface area contributed by atoms with E-state index in [1.807, 2.05) is 0 Å². The van der Waals surface area contributed by atoms with Crippen LogP contribution >= 0.6 is 0 Å². The zero-order valence-corrected chi connectivity index (χ0v) is 11.9. The maximum absolute atomic E-state index is 11.7. The predicted molar refractivity (Wildman–Crippen MR) is 72.1 cm³/mol. The Morgan fingerprint density at radius 2 is 1.90 bits per heavy atom. The van der Waals surface area contributed by atoms with Gasteiger partial charge in [-0.05, 0) is 69.1 Å². The fraction of sp³-hybridized carbons (Fsp3) is 0.938. The summed E-state index contributed by atoms with van der Waals surface area (Å²) in [6.07, 6.45) is 8.45. The van der Waals surface area contributed by atoms with E-state index in [2.05, 4.69) is 0 Å². The highest BCUT2D eigenvalue weighted by Crippen LogP contribution is 2.61. The molecule has 1 heterocycles. The summed E-state index contributed by atoms with van der Waals surface area (Å²) in [5.41, 5.74) is -0.427. The molecule has 0 aromatic heterocycles. The van der Waals surface area contributed by atoms with Crippen molar-refractivity contribution in [3.05, 3.63) is 0 Å². The summed E-state index contributed by atoms with van der Waals surface area (Å²) in [4.78, 5) is 11.7. The second-order valence-electron chi connectivity index (χ2n) is 7.45. The number of ether oxygens (including phenoxy) is 2. The van der Waals surface area contributed by atoms with E-state index in [-0.39, 0.29) is 12.4 Å². The van der Waals surface area contributed by atoms with Gasteiger partial charge in [0.1, 0.15) is 0 Å². The van der Waals surface area contributed by atoms with Crippen molar-refractivity contribution in [2.75, 3.05) is 6.61 Å². The lowest BCUT2D eigenvalue weighted by molar-refractivity contribution is -0.247. The van der Waals surface area contributed by atoms with Crippen molar-refractivity contribution < 1.29 is 19.4 Å². The minimum atomic E-state index is -0.565. The van der Waals surface area contributed by atoms with Gasteiger partial charge in [-0.25, -0.2) is 0 Å². The number of carboxylic acid groups (broad SMARTS) is 1. The van der Waals surface area contributed by atoms with Crippen LogP contribution in [-0.2, 0) is 14.3 Å². The summed E-state index contributed by atoms with van der Waals surface area (Å²) >= 11 is 0. The smallest absolute Gasteiger partial charge is 0.309 e. The molecule has 5 rings (SSSR count). The quantitative estimate of drug-likeness (QED) is 0.863. The average Bonchev–Trinajstić information content (AvgIpc) is 2.43. The molecule has 4 bridgehead atoms. The van der Waals surface area contributed by atoms with Crippen LogP contribution in [0.15, 0.2) is 0 Å². The minimum absolute atomic E-state index is 0.0351. The molecular formula is C16H24O4. The average molecular weight is 280 g/mol. The Morgan fingerprint density at radius 1 is 1.15 bits per heavy atom. The van der Waals surface area contributed by atoms with Crippen molar-refractivity contribution in [3.8, 4) is 0 Å². The van der Waals surface area contributed by atoms with Gasteiger partial charge in [0.15, 0.2) is 6.29 Å². The van der Waals surface area contributed by atoms with Crippen LogP contribution in [0, 0.1) is 23.2 Å². The lowest BCUT2D eigenvalue weighted by Crippen LogP contribution is -2.57. The van der Waals surface area contributed by atoms with Gasteiger partial charge in [-0.15, -0.1) is 0 Å². The Labute approximate surface area is 119 Å². The third-order valence-electron chi connectivity index (χ3n) is 6.09. The Kier molecular flexibility index (Phi) is 3.08. The number of hydrogen-bond acceptors (Lipinski definition) is 3. The van der Waals surface area contributed by atoms with Crippen molar-refractivity contribution in [3.63, 3.8) is 0 Å². The Morgan fingerprint density at radius 3 is 2.50 bits per heavy atom. The Balaban J connectivity index is 1.49. The number of carbonyl (C=O) groups is 1. The van der Waals surface area contributed by atoms with Crippen molar-refractivity contribution in [2.24, 2.45) is 23.2 Å². The van der Waals surface area contributed by atoms with E-state index in [9.17, 15) is 9.90 Å². The molecule has 1 aliphatic heterocycles. The van der Waals surface area contributed by atoms with Gasteiger partial charge in [0.2, 0.25) is 0 Å². The molecule has 4 nitrogen and oxygen atoms in total. The summed E-state index contributed by atoms with van der Waals surface area (Å²) in [5, 5.41) is 9.62. The number of carboxylic acids is 1. The van der Waals surface area contributed by atoms with Crippen LogP contribution in [0.2, 0.25) is 0 Å². The van der Waals surface area contributed by atoms with Crippen LogP contribution in [0.5, 0.6) is 0 Å². The van der Waals surface area contributed by atoms with Gasteiger partial charge in [-0.1, -0.05) is 0 Å². The maximum atomic E-state index is 11.7. The molecule has 0 amide bonds. The first kappa shape index (κ1) is 13.1. The zero-order valence-electron chi connectivity index (χ0n) is 11.9. The van der Waals surface area contributed by atoms with Gasteiger partial charge in [0.05, 0.1) is 11.5 Å². The van der Waals surface area contributed by atoms with Gasteiger partial charge >= 0.3 is 5.97 Å². The van der Waals surface area contributed by atoms with Crippen molar-refractivity contribution >= 4 is 5.97 Å². The molecule has 3 unspecified atom stereocenters. The maximum Gasteiger partial charge on any atom is 0.309 e. The highest BCUT2D eigenvalue weighted by molar-refractivity contribution is 5.75. The topological polar surface area (TPSA) is 55.8 Å². The van der Waals surface area contributed by atoms with Crippen LogP contribution in [-0.4, -0.2) is 30.1 Å². The molecule has 0 radical (unpaired) electrons. The molecule has 112 valence electrons. The standard InChI is InChI=1S/C16H24O4/c17-15(18)16-7-10-5-11(8-16)14(12(6-10)9-16)20-13-3-1-2-4-19-13/h10-14H,1-9H2,(H,17,18). The van der Waals surface area contributed by atoms with E-state index in [1.54, 1.807) is 0 Å². The number of hydrogen-bond donors (Lipinski definition) is 1. The fourth-order valence-corrected chi connectivity index (χ4v) is 5.46. The summed E-state index contributed by atoms with van der Waals surface area (Å²) < 4.78 is 12.0. The van der Waals surface area contributed by atoms with Crippen molar-refractivity contribution in [1.82, 2.24) is 0 Å². The van der Waals surface area contributed by atoms with Crippen molar-refractivity contribution in [1.29, 1.82) is 0 Å². The monoisotopic (exact) mass is 280 g/mol. The van der Waals surface area contributed by atoms with E-state index in [0.717, 1.165) is 38.7 Å². The molecule has 3 atom stereocenters. The van der Waals surface area contributed by atoms with Gasteiger partial charge < -0.3 is 14.6 Å². The molecule has 0 spiro atoms. The molecular weight excluding hydrogens is 256 g/mol. The molecule has 20 heavy (non-hydrogen) atoms. The molecule has 5 aliphatic rings. The summed E-state index contributed by atoms with van der Waals surface area (Å²) in [7, 11) is 0. The molecule has 0 aromatic rings. The van der Waals surface area contributed by atoms with E-state index < -0.39 is 11.4 Å². The highest BCUT2D eigenvalue weighted by Gasteiger charge is 2.59. The van der Waals surface area contributed by atoms with E-state index >= 15 is 0 Å². The normalized spacial score (nSPS) is 50.3. The fourth-order valence-electron chi connectivity index (χ4n) is 5.46. The Hall–Kier alpha value is -0.610. The van der Waals surface area contributed by atoms with Crippen LogP contribution in [0.3, 0.4) is 0 Å². The van der Waals surface area contributed by atoms with Crippen molar-refractivity contribution in [2.45, 2.75) is 63.8 Å². The summed E-state index contributed by atoms with van der Waals surface area (Å²) in [5.74, 6) is 0.950. The molecule has 1 N–H and O–H groups in total. The van der Waals surface area contributed by atoms with Gasteiger partial charge in [0.25, 0.3) is 0 Å². The van der Waals surface area contributed by atoms with E-state index in [0.29, 0.717) is 17.8 Å². The Bertz CT molecular complexity index is 385. The van der Waals surface area contributed by atoms with Crippen LogP contribution in [0.1, 0.15) is 51.4 Å². The largest absolute Gasteiger partial charge is 0.481 e. The van der Waals surface area contributed by atoms with Crippen LogP contribution in [0.4, 0.5) is 0 Å². The van der Waals surface area contributed by atoms with Gasteiger partial charge in [-0.3, -0.25) is 4.79 Å². The number of rotatable bonds is 3. The third-order valence-corrected chi connectivity index (χ3v) is 6.09. The zero-order chi connectivity index (χ0) is 13.7. The number of aliphatic carboxylic acids is 1. The first-order valence-corrected chi connectivity index (χ1v) is 8.17.